The number of fused-ring (bicyclic) bond motifs is 2. The van der Waals surface area contributed by atoms with Crippen molar-refractivity contribution in [2.45, 2.75) is 40.0 Å². The van der Waals surface area contributed by atoms with Gasteiger partial charge in [0.25, 0.3) is 5.56 Å². The lowest BCUT2D eigenvalue weighted by molar-refractivity contribution is 0.473. The first-order valence-corrected chi connectivity index (χ1v) is 10.8. The summed E-state index contributed by atoms with van der Waals surface area (Å²) < 4.78 is 1.70. The van der Waals surface area contributed by atoms with E-state index in [0.717, 1.165) is 10.9 Å². The number of hydrogen-bond acceptors (Lipinski definition) is 6. The molecule has 3 aromatic heterocycles. The number of hydrogen-bond donors (Lipinski definition) is 3. The van der Waals surface area contributed by atoms with Crippen molar-refractivity contribution in [2.24, 2.45) is 7.05 Å². The fourth-order valence-electron chi connectivity index (χ4n) is 3.51. The van der Waals surface area contributed by atoms with Crippen LogP contribution >= 0.6 is 0 Å². The zero-order valence-corrected chi connectivity index (χ0v) is 18.6. The molecule has 31 heavy (non-hydrogen) atoms. The Hall–Kier alpha value is -3.26. The molecule has 1 aliphatic rings. The molecule has 0 aliphatic carbocycles. The van der Waals surface area contributed by atoms with E-state index in [1.54, 1.807) is 23.7 Å². The van der Waals surface area contributed by atoms with Gasteiger partial charge in [-0.05, 0) is 45.0 Å². The molecule has 0 radical (unpaired) electrons. The van der Waals surface area contributed by atoms with Crippen LogP contribution in [-0.4, -0.2) is 42.9 Å². The third-order valence-corrected chi connectivity index (χ3v) is 5.09. The number of aryl methyl sites for hydroxylation is 2. The minimum absolute atomic E-state index is 0.0976. The van der Waals surface area contributed by atoms with Crippen molar-refractivity contribution in [1.82, 2.24) is 30.0 Å². The topological polar surface area (TPSA) is 109 Å². The van der Waals surface area contributed by atoms with E-state index in [0.29, 0.717) is 27.9 Å². The van der Waals surface area contributed by atoms with E-state index in [2.05, 4.69) is 25.4 Å². The maximum absolute atomic E-state index is 11.7. The van der Waals surface area contributed by atoms with E-state index in [4.69, 9.17) is 0 Å². The van der Waals surface area contributed by atoms with Crippen LogP contribution in [0.3, 0.4) is 0 Å². The van der Waals surface area contributed by atoms with Crippen LogP contribution < -0.4 is 10.9 Å². The Morgan fingerprint density at radius 2 is 1.90 bits per heavy atom. The van der Waals surface area contributed by atoms with Gasteiger partial charge in [0.2, 0.25) is 0 Å². The summed E-state index contributed by atoms with van der Waals surface area (Å²) in [5, 5.41) is 19.4. The van der Waals surface area contributed by atoms with Gasteiger partial charge in [0.15, 0.2) is 5.82 Å². The molecule has 0 unspecified atom stereocenters. The number of rotatable bonds is 1. The number of pyridine rings is 1. The quantitative estimate of drug-likeness (QED) is 0.432. The Balaban J connectivity index is 0.000000291. The molecule has 1 aliphatic heterocycles. The van der Waals surface area contributed by atoms with Gasteiger partial charge in [-0.2, -0.15) is 5.10 Å². The highest BCUT2D eigenvalue weighted by Crippen LogP contribution is 2.35. The van der Waals surface area contributed by atoms with Gasteiger partial charge in [0.1, 0.15) is 5.75 Å². The number of aromatic hydroxyl groups is 1. The molecule has 0 saturated carbocycles. The minimum Gasteiger partial charge on any atom is -0.507 e. The summed E-state index contributed by atoms with van der Waals surface area (Å²) in [6.07, 6.45) is 9.10. The molecular weight excluding hydrogens is 392 g/mol. The average Bonchev–Trinajstić information content (AvgIpc) is 3.20. The standard InChI is InChI=1S/C16H13N5O2.C5H11N.C2H6/c1-8-13-9(7-21(2)20-13)5-10(14(8)22)15-18-6-11-12(19-15)3-4-17-16(11)23;1-2-4-6-5-3-1;1-2/h3-7,22H,1-2H3,(H,17,23);6H,1-5H2;1-2H3. The number of phenolic OH excluding ortho intramolecular Hbond substituents is 1. The van der Waals surface area contributed by atoms with Gasteiger partial charge < -0.3 is 15.4 Å². The largest absolute Gasteiger partial charge is 0.507 e. The third-order valence-electron chi connectivity index (χ3n) is 5.09. The molecule has 4 heterocycles. The van der Waals surface area contributed by atoms with Crippen LogP contribution in [0, 0.1) is 6.92 Å². The summed E-state index contributed by atoms with van der Waals surface area (Å²) in [4.78, 5) is 23.0. The number of piperidine rings is 1. The molecule has 0 atom stereocenters. The summed E-state index contributed by atoms with van der Waals surface area (Å²) in [6, 6.07) is 3.51. The average molecular weight is 423 g/mol. The molecule has 3 N–H and O–H groups in total. The summed E-state index contributed by atoms with van der Waals surface area (Å²) in [7, 11) is 1.83. The molecule has 1 fully saturated rings. The maximum atomic E-state index is 11.7. The highest BCUT2D eigenvalue weighted by atomic mass is 16.3. The van der Waals surface area contributed by atoms with E-state index < -0.39 is 0 Å². The number of aromatic nitrogens is 5. The smallest absolute Gasteiger partial charge is 0.258 e. The predicted octanol–water partition coefficient (Wildman–Crippen LogP) is 3.67. The van der Waals surface area contributed by atoms with E-state index in [1.165, 1.54) is 44.7 Å². The fourth-order valence-corrected chi connectivity index (χ4v) is 3.51. The molecule has 5 rings (SSSR count). The number of nitrogens with one attached hydrogen (secondary N) is 2. The maximum Gasteiger partial charge on any atom is 0.258 e. The van der Waals surface area contributed by atoms with Gasteiger partial charge in [-0.1, -0.05) is 20.3 Å². The van der Waals surface area contributed by atoms with Crippen LogP contribution in [0.2, 0.25) is 0 Å². The second-order valence-electron chi connectivity index (χ2n) is 7.25. The van der Waals surface area contributed by atoms with Crippen molar-refractivity contribution in [3.8, 4) is 17.1 Å². The van der Waals surface area contributed by atoms with E-state index in [1.807, 2.05) is 27.1 Å². The molecule has 1 aromatic carbocycles. The molecular formula is C23H30N6O2. The van der Waals surface area contributed by atoms with Gasteiger partial charge in [-0.15, -0.1) is 0 Å². The Labute approximate surface area is 181 Å². The molecule has 0 spiro atoms. The Morgan fingerprint density at radius 1 is 1.16 bits per heavy atom. The minimum atomic E-state index is -0.239. The van der Waals surface area contributed by atoms with Crippen LogP contribution in [0.5, 0.6) is 5.75 Å². The van der Waals surface area contributed by atoms with Crippen LogP contribution in [0.4, 0.5) is 0 Å². The zero-order chi connectivity index (χ0) is 22.4. The van der Waals surface area contributed by atoms with Gasteiger partial charge in [-0.25, -0.2) is 9.97 Å². The van der Waals surface area contributed by atoms with Gasteiger partial charge in [-0.3, -0.25) is 9.48 Å². The van der Waals surface area contributed by atoms with Gasteiger partial charge in [0, 0.05) is 36.6 Å². The molecule has 4 aromatic rings. The fraction of sp³-hybridized carbons (Fsp3) is 0.391. The molecule has 1 saturated heterocycles. The first-order valence-electron chi connectivity index (χ1n) is 10.8. The highest BCUT2D eigenvalue weighted by Gasteiger charge is 2.16. The number of benzene rings is 1. The van der Waals surface area contributed by atoms with Crippen molar-refractivity contribution >= 4 is 21.8 Å². The molecule has 0 amide bonds. The summed E-state index contributed by atoms with van der Waals surface area (Å²) in [5.41, 5.74) is 2.23. The van der Waals surface area contributed by atoms with E-state index in [9.17, 15) is 9.90 Å². The second kappa shape index (κ2) is 10.2. The first kappa shape index (κ1) is 22.4. The normalized spacial score (nSPS) is 13.3. The lowest BCUT2D eigenvalue weighted by atomic mass is 10.1. The Morgan fingerprint density at radius 3 is 2.55 bits per heavy atom. The second-order valence-corrected chi connectivity index (χ2v) is 7.25. The summed E-state index contributed by atoms with van der Waals surface area (Å²) in [5.74, 6) is 0.467. The van der Waals surface area contributed by atoms with Crippen molar-refractivity contribution in [2.75, 3.05) is 13.1 Å². The van der Waals surface area contributed by atoms with Crippen molar-refractivity contribution in [3.63, 3.8) is 0 Å². The van der Waals surface area contributed by atoms with Crippen molar-refractivity contribution in [1.29, 1.82) is 0 Å². The van der Waals surface area contributed by atoms with Crippen LogP contribution in [0.1, 0.15) is 38.7 Å². The lowest BCUT2D eigenvalue weighted by Gasteiger charge is -2.08. The first-order chi connectivity index (χ1) is 15.0. The Bertz CT molecular complexity index is 1210. The number of H-pyrrole nitrogens is 1. The number of phenols is 1. The van der Waals surface area contributed by atoms with Crippen molar-refractivity contribution in [3.05, 3.63) is 46.6 Å². The monoisotopic (exact) mass is 422 g/mol. The number of nitrogens with zero attached hydrogens (tertiary/aromatic N) is 4. The lowest BCUT2D eigenvalue weighted by Crippen LogP contribution is -2.21. The molecule has 164 valence electrons. The predicted molar refractivity (Wildman–Crippen MR) is 124 cm³/mol. The third kappa shape index (κ3) is 4.91. The van der Waals surface area contributed by atoms with E-state index >= 15 is 0 Å². The molecule has 8 heteroatoms. The zero-order valence-electron chi connectivity index (χ0n) is 18.6. The van der Waals surface area contributed by atoms with Crippen LogP contribution in [-0.2, 0) is 7.05 Å². The molecule has 0 bridgehead atoms. The number of aromatic amines is 1. The van der Waals surface area contributed by atoms with Gasteiger partial charge >= 0.3 is 0 Å². The highest BCUT2D eigenvalue weighted by molar-refractivity contribution is 5.90. The van der Waals surface area contributed by atoms with Crippen LogP contribution in [0.15, 0.2) is 35.5 Å². The van der Waals surface area contributed by atoms with Crippen LogP contribution in [0.25, 0.3) is 33.2 Å². The summed E-state index contributed by atoms with van der Waals surface area (Å²) >= 11 is 0. The molecule has 8 nitrogen and oxygen atoms in total. The summed E-state index contributed by atoms with van der Waals surface area (Å²) in [6.45, 7) is 8.31. The van der Waals surface area contributed by atoms with E-state index in [-0.39, 0.29) is 11.3 Å². The Kier molecular flexibility index (Phi) is 7.36. The van der Waals surface area contributed by atoms with Crippen molar-refractivity contribution < 1.29 is 5.11 Å². The van der Waals surface area contributed by atoms with Gasteiger partial charge in [0.05, 0.1) is 22.0 Å². The SMILES string of the molecule is C1CCNCC1.CC.Cc1c(O)c(-c2ncc3c(=O)[nH]ccc3n2)cc2cn(C)nc12.